The van der Waals surface area contributed by atoms with E-state index < -0.39 is 5.97 Å². The minimum absolute atomic E-state index is 0.0641. The molecule has 0 bridgehead atoms. The number of aromatic nitrogens is 2. The number of hydrogen-bond donors (Lipinski definition) is 2. The molecule has 1 aromatic carbocycles. The first-order valence-electron chi connectivity index (χ1n) is 6.21. The second-order valence-electron chi connectivity index (χ2n) is 4.65. The van der Waals surface area contributed by atoms with Crippen molar-refractivity contribution < 1.29 is 14.6 Å². The molecule has 2 N–H and O–H groups in total. The number of carboxylic acid groups (broad SMARTS) is 1. The highest BCUT2D eigenvalue weighted by Crippen LogP contribution is 2.32. The normalized spacial score (nSPS) is 13.7. The molecular weight excluding hydrogens is 244 g/mol. The number of aromatic carboxylic acids is 1. The lowest BCUT2D eigenvalue weighted by Crippen LogP contribution is -2.08. The van der Waals surface area contributed by atoms with E-state index in [1.165, 1.54) is 0 Å². The zero-order valence-corrected chi connectivity index (χ0v) is 10.6. The number of nitrogens with zero attached hydrogens (tertiary/aromatic N) is 1. The monoisotopic (exact) mass is 258 g/mol. The number of carboxylic acids is 1. The van der Waals surface area contributed by atoms with E-state index in [9.17, 15) is 9.90 Å². The summed E-state index contributed by atoms with van der Waals surface area (Å²) in [5, 5.41) is 15.8. The molecule has 2 aromatic rings. The van der Waals surface area contributed by atoms with E-state index in [0.717, 1.165) is 42.0 Å². The van der Waals surface area contributed by atoms with Gasteiger partial charge < -0.3 is 9.84 Å². The quantitative estimate of drug-likeness (QED) is 0.867. The van der Waals surface area contributed by atoms with E-state index in [0.29, 0.717) is 5.56 Å². The third kappa shape index (κ3) is 1.97. The Labute approximate surface area is 110 Å². The average Bonchev–Trinajstić information content (AvgIpc) is 2.80. The molecule has 0 unspecified atom stereocenters. The topological polar surface area (TPSA) is 75.2 Å². The van der Waals surface area contributed by atoms with Crippen LogP contribution in [-0.4, -0.2) is 27.9 Å². The van der Waals surface area contributed by atoms with E-state index in [1.807, 2.05) is 25.1 Å². The van der Waals surface area contributed by atoms with Gasteiger partial charge in [0.2, 0.25) is 0 Å². The van der Waals surface area contributed by atoms with Crippen LogP contribution < -0.4 is 4.74 Å². The zero-order valence-electron chi connectivity index (χ0n) is 10.6. The van der Waals surface area contributed by atoms with E-state index >= 15 is 0 Å². The Morgan fingerprint density at radius 2 is 2.32 bits per heavy atom. The third-order valence-electron chi connectivity index (χ3n) is 3.35. The molecule has 0 atom stereocenters. The van der Waals surface area contributed by atoms with E-state index in [4.69, 9.17) is 4.74 Å². The fourth-order valence-electron chi connectivity index (χ4n) is 2.45. The highest BCUT2D eigenvalue weighted by Gasteiger charge is 2.20. The number of fused-ring (bicyclic) bond motifs is 1. The second kappa shape index (κ2) is 4.42. The molecular formula is C14H14N2O3. The number of hydrogen-bond acceptors (Lipinski definition) is 3. The van der Waals surface area contributed by atoms with Crippen LogP contribution in [0.4, 0.5) is 0 Å². The Hall–Kier alpha value is -2.30. The lowest BCUT2D eigenvalue weighted by atomic mass is 9.97. The number of rotatable bonds is 2. The van der Waals surface area contributed by atoms with Crippen molar-refractivity contribution in [3.8, 4) is 16.9 Å². The van der Waals surface area contributed by atoms with Crippen molar-refractivity contribution in [1.82, 2.24) is 10.2 Å². The van der Waals surface area contributed by atoms with Crippen LogP contribution in [-0.2, 0) is 6.42 Å². The minimum Gasteiger partial charge on any atom is -0.493 e. The lowest BCUT2D eigenvalue weighted by Gasteiger charge is -2.17. The number of benzene rings is 1. The maximum Gasteiger partial charge on any atom is 0.357 e. The SMILES string of the molecule is Cc1[nH]nc(C(=O)O)c1-c1ccc2c(c1)CCCO2. The summed E-state index contributed by atoms with van der Waals surface area (Å²) < 4.78 is 5.56. The van der Waals surface area contributed by atoms with Gasteiger partial charge in [0.15, 0.2) is 5.69 Å². The predicted octanol–water partition coefficient (Wildman–Crippen LogP) is 2.41. The highest BCUT2D eigenvalue weighted by atomic mass is 16.5. The first-order chi connectivity index (χ1) is 9.16. The van der Waals surface area contributed by atoms with Crippen LogP contribution in [0.3, 0.4) is 0 Å². The van der Waals surface area contributed by atoms with Crippen LogP contribution in [0.1, 0.15) is 28.2 Å². The third-order valence-corrected chi connectivity index (χ3v) is 3.35. The van der Waals surface area contributed by atoms with Gasteiger partial charge in [-0.05, 0) is 43.0 Å². The van der Waals surface area contributed by atoms with Gasteiger partial charge in [0.05, 0.1) is 6.61 Å². The van der Waals surface area contributed by atoms with Gasteiger partial charge in [-0.1, -0.05) is 6.07 Å². The maximum atomic E-state index is 11.2. The summed E-state index contributed by atoms with van der Waals surface area (Å²) >= 11 is 0. The summed E-state index contributed by atoms with van der Waals surface area (Å²) in [6, 6.07) is 5.79. The number of carbonyl (C=O) groups is 1. The molecule has 0 aliphatic carbocycles. The average molecular weight is 258 g/mol. The van der Waals surface area contributed by atoms with Crippen molar-refractivity contribution >= 4 is 5.97 Å². The van der Waals surface area contributed by atoms with E-state index in [1.54, 1.807) is 0 Å². The molecule has 0 spiro atoms. The Morgan fingerprint density at radius 3 is 3.11 bits per heavy atom. The minimum atomic E-state index is -1.02. The standard InChI is InChI=1S/C14H14N2O3/c1-8-12(13(14(17)18)16-15-8)10-4-5-11-9(7-10)3-2-6-19-11/h4-5,7H,2-3,6H2,1H3,(H,15,16)(H,17,18). The van der Waals surface area contributed by atoms with Crippen molar-refractivity contribution in [3.63, 3.8) is 0 Å². The van der Waals surface area contributed by atoms with Gasteiger partial charge in [0.1, 0.15) is 5.75 Å². The molecule has 98 valence electrons. The molecule has 2 heterocycles. The molecule has 3 rings (SSSR count). The van der Waals surface area contributed by atoms with Crippen LogP contribution in [0, 0.1) is 6.92 Å². The summed E-state index contributed by atoms with van der Waals surface area (Å²) in [6.45, 7) is 2.57. The molecule has 5 heteroatoms. The molecule has 5 nitrogen and oxygen atoms in total. The summed E-state index contributed by atoms with van der Waals surface area (Å²) in [5.74, 6) is -0.124. The Morgan fingerprint density at radius 1 is 1.47 bits per heavy atom. The molecule has 1 aromatic heterocycles. The molecule has 0 radical (unpaired) electrons. The van der Waals surface area contributed by atoms with Gasteiger partial charge in [-0.25, -0.2) is 4.79 Å². The summed E-state index contributed by atoms with van der Waals surface area (Å²) in [5.41, 5.74) is 3.47. The summed E-state index contributed by atoms with van der Waals surface area (Å²) in [4.78, 5) is 11.2. The van der Waals surface area contributed by atoms with E-state index in [-0.39, 0.29) is 5.69 Å². The van der Waals surface area contributed by atoms with Crippen LogP contribution in [0.15, 0.2) is 18.2 Å². The van der Waals surface area contributed by atoms with Crippen LogP contribution in [0.5, 0.6) is 5.75 Å². The first-order valence-corrected chi connectivity index (χ1v) is 6.21. The van der Waals surface area contributed by atoms with Crippen LogP contribution in [0.2, 0.25) is 0 Å². The van der Waals surface area contributed by atoms with Gasteiger partial charge in [0.25, 0.3) is 0 Å². The predicted molar refractivity (Wildman–Crippen MR) is 69.5 cm³/mol. The molecule has 0 fully saturated rings. The molecule has 19 heavy (non-hydrogen) atoms. The van der Waals surface area contributed by atoms with Gasteiger partial charge in [-0.2, -0.15) is 5.10 Å². The van der Waals surface area contributed by atoms with Crippen molar-refractivity contribution in [2.75, 3.05) is 6.61 Å². The summed E-state index contributed by atoms with van der Waals surface area (Å²) in [6.07, 6.45) is 1.95. The highest BCUT2D eigenvalue weighted by molar-refractivity contribution is 5.94. The van der Waals surface area contributed by atoms with E-state index in [2.05, 4.69) is 10.2 Å². The largest absolute Gasteiger partial charge is 0.493 e. The zero-order chi connectivity index (χ0) is 13.4. The number of ether oxygens (including phenoxy) is 1. The van der Waals surface area contributed by atoms with Crippen molar-refractivity contribution in [2.45, 2.75) is 19.8 Å². The van der Waals surface area contributed by atoms with Crippen molar-refractivity contribution in [3.05, 3.63) is 35.2 Å². The molecule has 0 saturated heterocycles. The summed E-state index contributed by atoms with van der Waals surface area (Å²) in [7, 11) is 0. The van der Waals surface area contributed by atoms with Crippen molar-refractivity contribution in [2.24, 2.45) is 0 Å². The molecule has 0 saturated carbocycles. The first kappa shape index (κ1) is 11.8. The van der Waals surface area contributed by atoms with Crippen molar-refractivity contribution in [1.29, 1.82) is 0 Å². The Balaban J connectivity index is 2.12. The fraction of sp³-hybridized carbons (Fsp3) is 0.286. The number of H-pyrrole nitrogens is 1. The van der Waals surface area contributed by atoms with Gasteiger partial charge in [-0.3, -0.25) is 5.10 Å². The van der Waals surface area contributed by atoms with Gasteiger partial charge in [-0.15, -0.1) is 0 Å². The molecule has 1 aliphatic heterocycles. The Bertz CT molecular complexity index is 646. The molecule has 1 aliphatic rings. The maximum absolute atomic E-state index is 11.2. The number of aryl methyl sites for hydroxylation is 2. The van der Waals surface area contributed by atoms with Gasteiger partial charge in [0, 0.05) is 11.3 Å². The van der Waals surface area contributed by atoms with Crippen LogP contribution in [0.25, 0.3) is 11.1 Å². The molecule has 0 amide bonds. The number of aromatic amines is 1. The number of nitrogens with one attached hydrogen (secondary N) is 1. The Kier molecular flexibility index (Phi) is 2.74. The fourth-order valence-corrected chi connectivity index (χ4v) is 2.45. The van der Waals surface area contributed by atoms with Gasteiger partial charge >= 0.3 is 5.97 Å². The van der Waals surface area contributed by atoms with Crippen LogP contribution >= 0.6 is 0 Å². The smallest absolute Gasteiger partial charge is 0.357 e. The lowest BCUT2D eigenvalue weighted by molar-refractivity contribution is 0.0691. The second-order valence-corrected chi connectivity index (χ2v) is 4.65.